The third-order valence-electron chi connectivity index (χ3n) is 11.9. The van der Waals surface area contributed by atoms with Crippen LogP contribution in [-0.4, -0.2) is 96.9 Å². The number of allylic oxidation sites excluding steroid dienone is 8. The van der Waals surface area contributed by atoms with Gasteiger partial charge in [-0.2, -0.15) is 9.29 Å². The monoisotopic (exact) mass is 1090 g/mol. The summed E-state index contributed by atoms with van der Waals surface area (Å²) in [5, 5.41) is 31.0. The van der Waals surface area contributed by atoms with E-state index in [0.29, 0.717) is 32.1 Å². The van der Waals surface area contributed by atoms with E-state index in [1.807, 2.05) is 36.5 Å². The normalized spacial score (nSPS) is 19.9. The quantitative estimate of drug-likeness (QED) is 0.0117. The molecular formula is C53H89N3O16P2. The van der Waals surface area contributed by atoms with E-state index in [4.69, 9.17) is 29.0 Å². The topological polar surface area (TPSA) is 286 Å². The SMILES string of the molecule is CC/C=C\C/C=C\CC(O)/C=C/C=C\C/C=C\CCCC(=O)O[C@H](COC(=O)CCCCCCCCCCCCCCCCCC(C)C)COP(=O)(O)OP(=O)(O)OC[C@H]1O[C@@H](n2ccc(N)nc2=O)[C@H](O)[C@@H]1O. The second-order valence-corrected chi connectivity index (χ2v) is 22.1. The molecule has 0 amide bonds. The predicted octanol–water partition coefficient (Wildman–Crippen LogP) is 10.3. The van der Waals surface area contributed by atoms with Gasteiger partial charge in [-0.3, -0.25) is 23.2 Å². The first kappa shape index (κ1) is 66.5. The number of aliphatic hydroxyl groups excluding tert-OH is 3. The van der Waals surface area contributed by atoms with Crippen molar-refractivity contribution >= 4 is 33.4 Å². The molecule has 0 radical (unpaired) electrons. The molecule has 1 aromatic heterocycles. The molecule has 0 saturated carbocycles. The number of rotatable bonds is 43. The fraction of sp³-hybridized carbons (Fsp3) is 0.698. The first-order chi connectivity index (χ1) is 35.4. The molecule has 1 aromatic rings. The molecule has 0 bridgehead atoms. The highest BCUT2D eigenvalue weighted by Crippen LogP contribution is 2.60. The maximum Gasteiger partial charge on any atom is 0.481 e. The highest BCUT2D eigenvalue weighted by atomic mass is 31.3. The van der Waals surface area contributed by atoms with E-state index in [2.05, 4.69) is 42.2 Å². The van der Waals surface area contributed by atoms with E-state index < -0.39 is 89.8 Å². The molecule has 422 valence electrons. The molecule has 0 aliphatic carbocycles. The number of nitrogens with two attached hydrogens (primary N) is 1. The van der Waals surface area contributed by atoms with Gasteiger partial charge in [0.15, 0.2) is 12.3 Å². The molecule has 1 aliphatic heterocycles. The Hall–Kier alpha value is -3.58. The lowest BCUT2D eigenvalue weighted by molar-refractivity contribution is -0.161. The van der Waals surface area contributed by atoms with Gasteiger partial charge in [0.25, 0.3) is 0 Å². The number of nitrogens with zero attached hydrogens (tertiary/aromatic N) is 2. The van der Waals surface area contributed by atoms with Crippen molar-refractivity contribution < 1.29 is 71.4 Å². The number of esters is 2. The number of unbranched alkanes of at least 4 members (excludes halogenated alkanes) is 15. The van der Waals surface area contributed by atoms with Crippen molar-refractivity contribution in [3.05, 3.63) is 83.5 Å². The first-order valence-corrected chi connectivity index (χ1v) is 29.8. The Labute approximate surface area is 439 Å². The lowest BCUT2D eigenvalue weighted by Crippen LogP contribution is -2.36. The molecule has 0 spiro atoms. The summed E-state index contributed by atoms with van der Waals surface area (Å²) in [6.07, 6.45) is 34.8. The molecule has 2 heterocycles. The number of carbonyl (C=O) groups excluding carboxylic acids is 2. The fourth-order valence-electron chi connectivity index (χ4n) is 7.74. The number of phosphoric acid groups is 2. The van der Waals surface area contributed by atoms with E-state index in [-0.39, 0.29) is 18.7 Å². The number of nitrogen functional groups attached to an aromatic ring is 1. The largest absolute Gasteiger partial charge is 0.481 e. The average Bonchev–Trinajstić information content (AvgIpc) is 3.62. The summed E-state index contributed by atoms with van der Waals surface area (Å²) < 4.78 is 56.8. The smallest absolute Gasteiger partial charge is 0.462 e. The van der Waals surface area contributed by atoms with E-state index in [9.17, 15) is 48.6 Å². The van der Waals surface area contributed by atoms with Crippen molar-refractivity contribution in [3.8, 4) is 0 Å². The minimum Gasteiger partial charge on any atom is -0.462 e. The molecule has 3 unspecified atom stereocenters. The zero-order valence-electron chi connectivity index (χ0n) is 44.2. The number of carbonyl (C=O) groups is 2. The molecule has 7 N–H and O–H groups in total. The molecule has 2 rings (SSSR count). The number of hydrogen-bond acceptors (Lipinski definition) is 16. The number of aliphatic hydroxyl groups is 3. The Bertz CT molecular complexity index is 2010. The van der Waals surface area contributed by atoms with Crippen LogP contribution in [0.3, 0.4) is 0 Å². The molecule has 1 aliphatic rings. The Morgan fingerprint density at radius 1 is 0.757 bits per heavy atom. The van der Waals surface area contributed by atoms with E-state index in [1.54, 1.807) is 12.2 Å². The Morgan fingerprint density at radius 2 is 1.34 bits per heavy atom. The second-order valence-electron chi connectivity index (χ2n) is 19.0. The minimum absolute atomic E-state index is 0.0611. The van der Waals surface area contributed by atoms with Crippen LogP contribution in [0.15, 0.2) is 77.8 Å². The van der Waals surface area contributed by atoms with E-state index in [1.165, 1.54) is 76.7 Å². The van der Waals surface area contributed by atoms with Crippen molar-refractivity contribution in [2.45, 2.75) is 212 Å². The molecule has 21 heteroatoms. The summed E-state index contributed by atoms with van der Waals surface area (Å²) >= 11 is 0. The molecule has 74 heavy (non-hydrogen) atoms. The van der Waals surface area contributed by atoms with Crippen molar-refractivity contribution in [2.24, 2.45) is 5.92 Å². The van der Waals surface area contributed by atoms with Crippen molar-refractivity contribution in [1.29, 1.82) is 0 Å². The van der Waals surface area contributed by atoms with Crippen LogP contribution in [-0.2, 0) is 46.3 Å². The second kappa shape index (κ2) is 39.7. The van der Waals surface area contributed by atoms with Crippen molar-refractivity contribution in [1.82, 2.24) is 9.55 Å². The summed E-state index contributed by atoms with van der Waals surface area (Å²) in [6.45, 7) is 4.25. The zero-order valence-corrected chi connectivity index (χ0v) is 45.9. The van der Waals surface area contributed by atoms with Gasteiger partial charge in [-0.25, -0.2) is 13.9 Å². The van der Waals surface area contributed by atoms with E-state index in [0.717, 1.165) is 55.2 Å². The maximum atomic E-state index is 12.9. The summed E-state index contributed by atoms with van der Waals surface area (Å²) in [5.41, 5.74) is 4.58. The molecule has 19 nitrogen and oxygen atoms in total. The summed E-state index contributed by atoms with van der Waals surface area (Å²) in [5.74, 6) is -0.610. The average molecular weight is 1090 g/mol. The van der Waals surface area contributed by atoms with Gasteiger partial charge >= 0.3 is 33.3 Å². The molecular weight excluding hydrogens is 997 g/mol. The van der Waals surface area contributed by atoms with Crippen LogP contribution in [0, 0.1) is 5.92 Å². The number of aromatic nitrogens is 2. The minimum atomic E-state index is -5.45. The van der Waals surface area contributed by atoms with Crippen LogP contribution < -0.4 is 11.4 Å². The molecule has 0 aromatic carbocycles. The number of hydrogen-bond donors (Lipinski definition) is 6. The van der Waals surface area contributed by atoms with Gasteiger partial charge in [-0.15, -0.1) is 0 Å². The van der Waals surface area contributed by atoms with Crippen LogP contribution >= 0.6 is 15.6 Å². The number of anilines is 1. The maximum absolute atomic E-state index is 12.9. The standard InChI is InChI=1S/C53H89N3O16P2/c1-4-5-6-7-24-29-34-44(57)35-30-25-20-17-18-22-27-32-37-49(59)70-45(40-67-48(58)36-31-26-21-16-14-12-10-8-9-11-13-15-19-23-28-33-43(2)3)41-68-73(63,64)72-74(65,66)69-42-46-50(60)51(61)52(71-46)56-39-38-47(54)55-53(56)62/h5-6,18,20,22,24-25,29-30,35,38-39,43-46,50-52,57,60-61H,4,7-17,19,21,23,26-28,31-34,36-37,40-42H2,1-3H3,(H,63,64)(H,65,66)(H2,54,55,62)/b6-5-,22-18-,25-20-,29-24-,35-30+/t44?,45-,46-,50-,51-,52-/m1/s1. The summed E-state index contributed by atoms with van der Waals surface area (Å²) in [4.78, 5) is 62.0. The summed E-state index contributed by atoms with van der Waals surface area (Å²) in [6, 6.07) is 1.24. The lowest BCUT2D eigenvalue weighted by Gasteiger charge is -2.21. The lowest BCUT2D eigenvalue weighted by atomic mass is 10.0. The van der Waals surface area contributed by atoms with Gasteiger partial charge in [0.05, 0.1) is 19.3 Å². The van der Waals surface area contributed by atoms with Crippen LogP contribution in [0.5, 0.6) is 0 Å². The van der Waals surface area contributed by atoms with E-state index >= 15 is 0 Å². The van der Waals surface area contributed by atoms with Crippen LogP contribution in [0.1, 0.15) is 181 Å². The number of phosphoric ester groups is 2. The number of ether oxygens (including phenoxy) is 3. The zero-order chi connectivity index (χ0) is 54.5. The third-order valence-corrected chi connectivity index (χ3v) is 14.5. The predicted molar refractivity (Wildman–Crippen MR) is 285 cm³/mol. The van der Waals surface area contributed by atoms with Crippen LogP contribution in [0.25, 0.3) is 0 Å². The Kier molecular flexibility index (Phi) is 35.7. The van der Waals surface area contributed by atoms with Crippen LogP contribution in [0.2, 0.25) is 0 Å². The van der Waals surface area contributed by atoms with Gasteiger partial charge in [0.2, 0.25) is 0 Å². The van der Waals surface area contributed by atoms with Crippen molar-refractivity contribution in [3.63, 3.8) is 0 Å². The van der Waals surface area contributed by atoms with Gasteiger partial charge in [0, 0.05) is 19.0 Å². The first-order valence-electron chi connectivity index (χ1n) is 26.8. The summed E-state index contributed by atoms with van der Waals surface area (Å²) in [7, 11) is -10.9. The molecule has 8 atom stereocenters. The Morgan fingerprint density at radius 3 is 1.97 bits per heavy atom. The molecule has 1 saturated heterocycles. The van der Waals surface area contributed by atoms with Crippen LogP contribution in [0.4, 0.5) is 5.82 Å². The highest BCUT2D eigenvalue weighted by molar-refractivity contribution is 7.61. The van der Waals surface area contributed by atoms with Gasteiger partial charge < -0.3 is 45.1 Å². The Balaban J connectivity index is 1.82. The third kappa shape index (κ3) is 32.8. The molecule has 1 fully saturated rings. The van der Waals surface area contributed by atoms with Gasteiger partial charge in [-0.1, -0.05) is 178 Å². The fourth-order valence-corrected chi connectivity index (χ4v) is 9.85. The van der Waals surface area contributed by atoms with Gasteiger partial charge in [0.1, 0.15) is 30.7 Å². The highest BCUT2D eigenvalue weighted by Gasteiger charge is 2.46. The van der Waals surface area contributed by atoms with Gasteiger partial charge in [-0.05, 0) is 56.9 Å². The van der Waals surface area contributed by atoms with Crippen molar-refractivity contribution in [2.75, 3.05) is 25.6 Å².